The average molecular weight is 343 g/mol. The lowest BCUT2D eigenvalue weighted by molar-refractivity contribution is -0.116. The van der Waals surface area contributed by atoms with Crippen LogP contribution in [0.1, 0.15) is 30.7 Å². The molecular weight excluding hydrogens is 318 g/mol. The second-order valence-corrected chi connectivity index (χ2v) is 6.46. The molecule has 2 aromatic heterocycles. The van der Waals surface area contributed by atoms with Crippen LogP contribution in [0.15, 0.2) is 35.1 Å². The normalized spacial score (nSPS) is 17.4. The molecule has 1 aliphatic heterocycles. The summed E-state index contributed by atoms with van der Waals surface area (Å²) in [4.78, 5) is 21.0. The third-order valence-electron chi connectivity index (χ3n) is 4.67. The van der Waals surface area contributed by atoms with Gasteiger partial charge in [0.2, 0.25) is 5.91 Å². The Morgan fingerprint density at radius 3 is 2.80 bits per heavy atom. The van der Waals surface area contributed by atoms with Crippen molar-refractivity contribution < 1.29 is 9.32 Å². The van der Waals surface area contributed by atoms with Gasteiger partial charge in [0.25, 0.3) is 0 Å². The Balaban J connectivity index is 1.40. The van der Waals surface area contributed by atoms with Gasteiger partial charge in [-0.05, 0) is 25.5 Å². The number of carbonyl (C=O) groups excluding carboxylic acids is 1. The van der Waals surface area contributed by atoms with E-state index in [1.807, 2.05) is 12.3 Å². The molecule has 25 heavy (non-hydrogen) atoms. The Labute approximate surface area is 148 Å². The fourth-order valence-electron chi connectivity index (χ4n) is 3.10. The third kappa shape index (κ3) is 4.87. The van der Waals surface area contributed by atoms with Crippen molar-refractivity contribution in [1.82, 2.24) is 19.9 Å². The molecule has 1 aliphatic rings. The minimum absolute atomic E-state index is 0.0283. The monoisotopic (exact) mass is 343 g/mol. The third-order valence-corrected chi connectivity index (χ3v) is 4.67. The minimum atomic E-state index is -0.0283. The molecular formula is C18H25N5O2. The maximum Gasteiger partial charge on any atom is 0.226 e. The molecule has 2 aromatic rings. The van der Waals surface area contributed by atoms with Crippen LogP contribution in [0.25, 0.3) is 0 Å². The minimum Gasteiger partial charge on any atom is -0.360 e. The Hall–Kier alpha value is -2.25. The lowest BCUT2D eigenvalue weighted by Crippen LogP contribution is -2.47. The van der Waals surface area contributed by atoms with E-state index in [9.17, 15) is 4.79 Å². The zero-order valence-corrected chi connectivity index (χ0v) is 14.8. The maximum atomic E-state index is 12.0. The SMILES string of the molecule is Cc1cc(NC(=O)CCN2CCN([C@H](C)c3cccnc3)CC2)no1. The number of aryl methyl sites for hydroxylation is 1. The molecule has 0 bridgehead atoms. The first-order chi connectivity index (χ1) is 12.1. The van der Waals surface area contributed by atoms with Gasteiger partial charge in [-0.25, -0.2) is 0 Å². The van der Waals surface area contributed by atoms with E-state index in [1.165, 1.54) is 5.56 Å². The van der Waals surface area contributed by atoms with Crippen LogP contribution < -0.4 is 5.32 Å². The van der Waals surface area contributed by atoms with Crippen molar-refractivity contribution >= 4 is 11.7 Å². The summed E-state index contributed by atoms with van der Waals surface area (Å²) in [6.45, 7) is 8.73. The highest BCUT2D eigenvalue weighted by molar-refractivity contribution is 5.89. The van der Waals surface area contributed by atoms with Crippen molar-refractivity contribution in [3.63, 3.8) is 0 Å². The lowest BCUT2D eigenvalue weighted by Gasteiger charge is -2.38. The van der Waals surface area contributed by atoms with Gasteiger partial charge in [-0.2, -0.15) is 0 Å². The summed E-state index contributed by atoms with van der Waals surface area (Å²) in [6, 6.07) is 6.20. The van der Waals surface area contributed by atoms with E-state index in [-0.39, 0.29) is 5.91 Å². The second-order valence-electron chi connectivity index (χ2n) is 6.46. The van der Waals surface area contributed by atoms with Crippen LogP contribution in [0, 0.1) is 6.92 Å². The van der Waals surface area contributed by atoms with Crippen molar-refractivity contribution in [2.75, 3.05) is 38.0 Å². The van der Waals surface area contributed by atoms with E-state index < -0.39 is 0 Å². The Morgan fingerprint density at radius 2 is 2.16 bits per heavy atom. The van der Waals surface area contributed by atoms with Gasteiger partial charge in [-0.1, -0.05) is 11.2 Å². The molecule has 1 N–H and O–H groups in total. The van der Waals surface area contributed by atoms with Crippen molar-refractivity contribution in [2.45, 2.75) is 26.3 Å². The second kappa shape index (κ2) is 8.22. The fourth-order valence-corrected chi connectivity index (χ4v) is 3.10. The molecule has 0 unspecified atom stereocenters. The van der Waals surface area contributed by atoms with Crippen LogP contribution in [-0.2, 0) is 4.79 Å². The summed E-state index contributed by atoms with van der Waals surface area (Å²) in [7, 11) is 0. The van der Waals surface area contributed by atoms with Crippen LogP contribution in [0.3, 0.4) is 0 Å². The molecule has 3 rings (SSSR count). The number of amides is 1. The summed E-state index contributed by atoms with van der Waals surface area (Å²) in [5.74, 6) is 1.14. The molecule has 0 saturated carbocycles. The molecule has 3 heterocycles. The van der Waals surface area contributed by atoms with Gasteiger partial charge in [0, 0.05) is 63.6 Å². The Bertz CT molecular complexity index is 680. The topological polar surface area (TPSA) is 74.5 Å². The van der Waals surface area contributed by atoms with Crippen LogP contribution in [0.4, 0.5) is 5.82 Å². The van der Waals surface area contributed by atoms with E-state index >= 15 is 0 Å². The largest absolute Gasteiger partial charge is 0.360 e. The first kappa shape index (κ1) is 17.6. The average Bonchev–Trinajstić information content (AvgIpc) is 3.05. The molecule has 0 aromatic carbocycles. The first-order valence-corrected chi connectivity index (χ1v) is 8.71. The van der Waals surface area contributed by atoms with Gasteiger partial charge in [-0.15, -0.1) is 0 Å². The van der Waals surface area contributed by atoms with Crippen LogP contribution >= 0.6 is 0 Å². The van der Waals surface area contributed by atoms with Crippen LogP contribution in [0.2, 0.25) is 0 Å². The highest BCUT2D eigenvalue weighted by Crippen LogP contribution is 2.20. The van der Waals surface area contributed by atoms with Crippen molar-refractivity contribution in [3.8, 4) is 0 Å². The number of anilines is 1. The number of aromatic nitrogens is 2. The molecule has 1 amide bonds. The number of carbonyl (C=O) groups is 1. The predicted octanol–water partition coefficient (Wildman–Crippen LogP) is 2.09. The van der Waals surface area contributed by atoms with Crippen molar-refractivity contribution in [3.05, 3.63) is 41.9 Å². The molecule has 7 nitrogen and oxygen atoms in total. The van der Waals surface area contributed by atoms with E-state index in [4.69, 9.17) is 4.52 Å². The summed E-state index contributed by atoms with van der Waals surface area (Å²) in [6.07, 6.45) is 4.20. The number of piperazine rings is 1. The van der Waals surface area contributed by atoms with E-state index in [0.717, 1.165) is 32.7 Å². The number of nitrogens with zero attached hydrogens (tertiary/aromatic N) is 4. The summed E-state index contributed by atoms with van der Waals surface area (Å²) in [5, 5.41) is 6.54. The molecule has 1 fully saturated rings. The van der Waals surface area contributed by atoms with Crippen molar-refractivity contribution in [1.29, 1.82) is 0 Å². The summed E-state index contributed by atoms with van der Waals surface area (Å²) >= 11 is 0. The standard InChI is InChI=1S/C18H25N5O2/c1-14-12-17(21-25-14)20-18(24)5-7-22-8-10-23(11-9-22)15(2)16-4-3-6-19-13-16/h3-4,6,12-13,15H,5,7-11H2,1-2H3,(H,20,21,24)/t15-/m1/s1. The maximum absolute atomic E-state index is 12.0. The number of nitrogens with one attached hydrogen (secondary N) is 1. The van der Waals surface area contributed by atoms with Crippen LogP contribution in [0.5, 0.6) is 0 Å². The molecule has 1 saturated heterocycles. The van der Waals surface area contributed by atoms with Gasteiger partial charge < -0.3 is 14.7 Å². The van der Waals surface area contributed by atoms with Gasteiger partial charge in [0.05, 0.1) is 0 Å². The zero-order valence-electron chi connectivity index (χ0n) is 14.8. The van der Waals surface area contributed by atoms with Crippen molar-refractivity contribution in [2.24, 2.45) is 0 Å². The zero-order chi connectivity index (χ0) is 17.6. The molecule has 7 heteroatoms. The molecule has 0 spiro atoms. The van der Waals surface area contributed by atoms with Crippen LogP contribution in [-0.4, -0.2) is 58.6 Å². The summed E-state index contributed by atoms with van der Waals surface area (Å²) in [5.41, 5.74) is 1.25. The first-order valence-electron chi connectivity index (χ1n) is 8.71. The highest BCUT2D eigenvalue weighted by atomic mass is 16.5. The number of hydrogen-bond acceptors (Lipinski definition) is 6. The van der Waals surface area contributed by atoms with Gasteiger partial charge in [0.1, 0.15) is 5.76 Å². The fraction of sp³-hybridized carbons (Fsp3) is 0.500. The molecule has 0 radical (unpaired) electrons. The Kier molecular flexibility index (Phi) is 5.78. The van der Waals surface area contributed by atoms with E-state index in [2.05, 4.69) is 38.2 Å². The predicted molar refractivity (Wildman–Crippen MR) is 95.2 cm³/mol. The summed E-state index contributed by atoms with van der Waals surface area (Å²) < 4.78 is 4.95. The molecule has 0 aliphatic carbocycles. The number of hydrogen-bond donors (Lipinski definition) is 1. The molecule has 1 atom stereocenters. The molecule has 134 valence electrons. The highest BCUT2D eigenvalue weighted by Gasteiger charge is 2.22. The van der Waals surface area contributed by atoms with Gasteiger partial charge >= 0.3 is 0 Å². The Morgan fingerprint density at radius 1 is 1.36 bits per heavy atom. The van der Waals surface area contributed by atoms with Gasteiger partial charge in [0.15, 0.2) is 5.82 Å². The van der Waals surface area contributed by atoms with E-state index in [1.54, 1.807) is 19.2 Å². The quantitative estimate of drug-likeness (QED) is 0.866. The number of rotatable bonds is 6. The smallest absolute Gasteiger partial charge is 0.226 e. The lowest BCUT2D eigenvalue weighted by atomic mass is 10.1. The van der Waals surface area contributed by atoms with E-state index in [0.29, 0.717) is 24.0 Å². The van der Waals surface area contributed by atoms with Gasteiger partial charge in [-0.3, -0.25) is 14.7 Å². The number of pyridine rings is 1.